The molecule has 1 spiro atoms. The van der Waals surface area contributed by atoms with Gasteiger partial charge in [-0.1, -0.05) is 19.3 Å². The molecule has 4 heteroatoms. The van der Waals surface area contributed by atoms with E-state index in [1.54, 1.807) is 4.90 Å². The van der Waals surface area contributed by atoms with Crippen LogP contribution in [0.15, 0.2) is 0 Å². The third-order valence-corrected chi connectivity index (χ3v) is 4.07. The van der Waals surface area contributed by atoms with Gasteiger partial charge < -0.3 is 10.2 Å². The minimum Gasteiger partial charge on any atom is -0.340 e. The summed E-state index contributed by atoms with van der Waals surface area (Å²) < 4.78 is 0. The summed E-state index contributed by atoms with van der Waals surface area (Å²) in [5, 5.41) is 2.99. The van der Waals surface area contributed by atoms with Gasteiger partial charge in [0, 0.05) is 6.04 Å². The average Bonchev–Trinajstić information content (AvgIpc) is 2.28. The first-order valence-electron chi connectivity index (χ1n) is 6.63. The van der Waals surface area contributed by atoms with Gasteiger partial charge in [0.2, 0.25) is 11.8 Å². The lowest BCUT2D eigenvalue weighted by molar-refractivity contribution is -0.158. The predicted octanol–water partition coefficient (Wildman–Crippen LogP) is 1.44. The van der Waals surface area contributed by atoms with E-state index in [1.807, 2.05) is 20.8 Å². The second-order valence-electron chi connectivity index (χ2n) is 5.61. The molecular weight excluding hydrogens is 216 g/mol. The molecule has 96 valence electrons. The highest BCUT2D eigenvalue weighted by Gasteiger charge is 2.50. The van der Waals surface area contributed by atoms with Crippen LogP contribution in [0.3, 0.4) is 0 Å². The van der Waals surface area contributed by atoms with Crippen LogP contribution in [-0.2, 0) is 9.59 Å². The van der Waals surface area contributed by atoms with Crippen LogP contribution < -0.4 is 5.32 Å². The summed E-state index contributed by atoms with van der Waals surface area (Å²) in [5.41, 5.74) is -0.591. The maximum atomic E-state index is 12.6. The Bertz CT molecular complexity index is 332. The average molecular weight is 238 g/mol. The number of nitrogens with one attached hydrogen (secondary N) is 1. The number of piperazine rings is 1. The molecule has 0 bridgehead atoms. The predicted molar refractivity (Wildman–Crippen MR) is 65.4 cm³/mol. The van der Waals surface area contributed by atoms with Crippen molar-refractivity contribution in [2.24, 2.45) is 0 Å². The van der Waals surface area contributed by atoms with Crippen molar-refractivity contribution in [1.82, 2.24) is 10.2 Å². The topological polar surface area (TPSA) is 49.4 Å². The van der Waals surface area contributed by atoms with E-state index >= 15 is 0 Å². The molecule has 0 aromatic rings. The number of hydrogen-bond acceptors (Lipinski definition) is 2. The van der Waals surface area contributed by atoms with Gasteiger partial charge in [-0.3, -0.25) is 9.59 Å². The summed E-state index contributed by atoms with van der Waals surface area (Å²) in [6.07, 6.45) is 4.84. The Morgan fingerprint density at radius 1 is 1.24 bits per heavy atom. The van der Waals surface area contributed by atoms with Gasteiger partial charge in [-0.2, -0.15) is 0 Å². The summed E-state index contributed by atoms with van der Waals surface area (Å²) >= 11 is 0. The fraction of sp³-hybridized carbons (Fsp3) is 0.846. The molecule has 2 amide bonds. The molecule has 2 fully saturated rings. The van der Waals surface area contributed by atoms with E-state index in [9.17, 15) is 9.59 Å². The number of amides is 2. The van der Waals surface area contributed by atoms with Gasteiger partial charge in [-0.05, 0) is 33.6 Å². The van der Waals surface area contributed by atoms with Gasteiger partial charge in [-0.25, -0.2) is 0 Å². The summed E-state index contributed by atoms with van der Waals surface area (Å²) in [6.45, 7) is 5.76. The largest absolute Gasteiger partial charge is 0.340 e. The molecule has 1 saturated carbocycles. The minimum atomic E-state index is -0.591. The Hall–Kier alpha value is -1.06. The molecule has 0 aromatic carbocycles. The molecule has 2 aliphatic rings. The van der Waals surface area contributed by atoms with Crippen LogP contribution in [0.25, 0.3) is 0 Å². The molecule has 4 nitrogen and oxygen atoms in total. The first-order valence-corrected chi connectivity index (χ1v) is 6.63. The summed E-state index contributed by atoms with van der Waals surface area (Å²) in [6, 6.07) is -0.252. The van der Waals surface area contributed by atoms with E-state index in [0.29, 0.717) is 0 Å². The molecule has 17 heavy (non-hydrogen) atoms. The number of hydrogen-bond donors (Lipinski definition) is 1. The van der Waals surface area contributed by atoms with Crippen LogP contribution in [-0.4, -0.2) is 34.3 Å². The van der Waals surface area contributed by atoms with Crippen molar-refractivity contribution in [3.63, 3.8) is 0 Å². The zero-order valence-electron chi connectivity index (χ0n) is 11.0. The Morgan fingerprint density at radius 3 is 2.35 bits per heavy atom. The van der Waals surface area contributed by atoms with Crippen LogP contribution in [0.4, 0.5) is 0 Å². The zero-order valence-corrected chi connectivity index (χ0v) is 11.0. The molecular formula is C13H22N2O2. The molecule has 1 atom stereocenters. The number of carbonyl (C=O) groups excluding carboxylic acids is 2. The van der Waals surface area contributed by atoms with Crippen LogP contribution >= 0.6 is 0 Å². The fourth-order valence-electron chi connectivity index (χ4n) is 3.12. The third-order valence-electron chi connectivity index (χ3n) is 4.07. The molecule has 1 aliphatic carbocycles. The van der Waals surface area contributed by atoms with Crippen molar-refractivity contribution in [2.75, 3.05) is 0 Å². The molecule has 1 heterocycles. The highest BCUT2D eigenvalue weighted by atomic mass is 16.2. The van der Waals surface area contributed by atoms with Crippen LogP contribution in [0.2, 0.25) is 0 Å². The van der Waals surface area contributed by atoms with E-state index < -0.39 is 5.54 Å². The van der Waals surface area contributed by atoms with Gasteiger partial charge in [-0.15, -0.1) is 0 Å². The molecule has 1 unspecified atom stereocenters. The van der Waals surface area contributed by atoms with Gasteiger partial charge in [0.15, 0.2) is 0 Å². The van der Waals surface area contributed by atoms with Crippen molar-refractivity contribution in [3.8, 4) is 0 Å². The van der Waals surface area contributed by atoms with Crippen molar-refractivity contribution >= 4 is 11.8 Å². The van der Waals surface area contributed by atoms with E-state index in [4.69, 9.17) is 0 Å². The normalized spacial score (nSPS) is 28.7. The molecule has 2 rings (SSSR count). The molecule has 0 radical (unpaired) electrons. The quantitative estimate of drug-likeness (QED) is 0.751. The summed E-state index contributed by atoms with van der Waals surface area (Å²) in [7, 11) is 0. The third kappa shape index (κ3) is 1.94. The van der Waals surface area contributed by atoms with Crippen molar-refractivity contribution in [2.45, 2.75) is 70.5 Å². The van der Waals surface area contributed by atoms with Crippen LogP contribution in [0, 0.1) is 0 Å². The molecule has 1 N–H and O–H groups in total. The smallest absolute Gasteiger partial charge is 0.249 e. The van der Waals surface area contributed by atoms with Gasteiger partial charge >= 0.3 is 0 Å². The lowest BCUT2D eigenvalue weighted by Gasteiger charge is -2.48. The van der Waals surface area contributed by atoms with Gasteiger partial charge in [0.1, 0.15) is 11.6 Å². The standard InChI is InChI=1S/C13H22N2O2/c1-9(2)15-10(3)11(16)14-13(12(15)17)7-5-4-6-8-13/h9-10H,4-8H2,1-3H3,(H,14,16). The van der Waals surface area contributed by atoms with Gasteiger partial charge in [0.05, 0.1) is 0 Å². The number of rotatable bonds is 1. The number of carbonyl (C=O) groups is 2. The van der Waals surface area contributed by atoms with Crippen LogP contribution in [0.1, 0.15) is 52.9 Å². The van der Waals surface area contributed by atoms with Crippen LogP contribution in [0.5, 0.6) is 0 Å². The van der Waals surface area contributed by atoms with Crippen molar-refractivity contribution in [1.29, 1.82) is 0 Å². The zero-order chi connectivity index (χ0) is 12.6. The lowest BCUT2D eigenvalue weighted by Crippen LogP contribution is -2.71. The van der Waals surface area contributed by atoms with E-state index in [1.165, 1.54) is 6.42 Å². The molecule has 1 saturated heterocycles. The van der Waals surface area contributed by atoms with E-state index in [0.717, 1.165) is 25.7 Å². The maximum absolute atomic E-state index is 12.6. The number of nitrogens with zero attached hydrogens (tertiary/aromatic N) is 1. The fourth-order valence-corrected chi connectivity index (χ4v) is 3.12. The monoisotopic (exact) mass is 238 g/mol. The maximum Gasteiger partial charge on any atom is 0.249 e. The van der Waals surface area contributed by atoms with Crippen molar-refractivity contribution < 1.29 is 9.59 Å². The highest BCUT2D eigenvalue weighted by molar-refractivity contribution is 5.99. The van der Waals surface area contributed by atoms with E-state index in [2.05, 4.69) is 5.32 Å². The Balaban J connectivity index is 2.30. The van der Waals surface area contributed by atoms with E-state index in [-0.39, 0.29) is 23.9 Å². The first kappa shape index (κ1) is 12.4. The minimum absolute atomic E-state index is 0.000185. The SMILES string of the molecule is CC(C)N1C(=O)C2(CCCCC2)NC(=O)C1C. The summed E-state index contributed by atoms with van der Waals surface area (Å²) in [4.78, 5) is 26.4. The highest BCUT2D eigenvalue weighted by Crippen LogP contribution is 2.33. The summed E-state index contributed by atoms with van der Waals surface area (Å²) in [5.74, 6) is 0.125. The first-order chi connectivity index (χ1) is 7.98. The Labute approximate surface area is 103 Å². The Kier molecular flexibility index (Phi) is 3.15. The van der Waals surface area contributed by atoms with Gasteiger partial charge in [0.25, 0.3) is 0 Å². The van der Waals surface area contributed by atoms with Crippen molar-refractivity contribution in [3.05, 3.63) is 0 Å². The second-order valence-corrected chi connectivity index (χ2v) is 5.61. The second kappa shape index (κ2) is 4.31. The molecule has 1 aliphatic heterocycles. The lowest BCUT2D eigenvalue weighted by atomic mass is 9.78. The molecule has 0 aromatic heterocycles. The Morgan fingerprint density at radius 2 is 1.82 bits per heavy atom.